The van der Waals surface area contributed by atoms with E-state index in [2.05, 4.69) is 37.1 Å². The van der Waals surface area contributed by atoms with Crippen LogP contribution in [0.4, 0.5) is 11.6 Å². The molecule has 8 nitrogen and oxygen atoms in total. The van der Waals surface area contributed by atoms with E-state index in [1.807, 2.05) is 30.3 Å². The Balaban J connectivity index is 1.36. The largest absolute Gasteiger partial charge is 0.354 e. The molecule has 160 valence electrons. The van der Waals surface area contributed by atoms with E-state index < -0.39 is 0 Å². The van der Waals surface area contributed by atoms with Crippen molar-refractivity contribution in [3.63, 3.8) is 0 Å². The minimum atomic E-state index is -0.224. The monoisotopic (exact) mass is 425 g/mol. The molecule has 4 aromatic rings. The number of rotatable bonds is 4. The van der Waals surface area contributed by atoms with Gasteiger partial charge in [0.2, 0.25) is 0 Å². The van der Waals surface area contributed by atoms with E-state index in [1.54, 1.807) is 36.9 Å². The van der Waals surface area contributed by atoms with Crippen molar-refractivity contribution in [2.24, 2.45) is 0 Å². The lowest BCUT2D eigenvalue weighted by Gasteiger charge is -2.33. The Bertz CT molecular complexity index is 1250. The maximum Gasteiger partial charge on any atom is 0.257 e. The van der Waals surface area contributed by atoms with Crippen LogP contribution in [0.5, 0.6) is 0 Å². The predicted molar refractivity (Wildman–Crippen MR) is 125 cm³/mol. The van der Waals surface area contributed by atoms with Gasteiger partial charge in [0.15, 0.2) is 0 Å². The standard InChI is InChI=1S/C24H23N7O/c1-30-9-11-31(12-10-30)23-13-17(6-8-26-23)24(32)29-22-14-21-19(16-27-22)4-5-20(28-21)18-3-2-7-25-15-18/h2-8,13-16H,9-12H2,1H3,(H,27,29,32). The van der Waals surface area contributed by atoms with E-state index in [9.17, 15) is 4.79 Å². The van der Waals surface area contributed by atoms with Crippen LogP contribution in [0.3, 0.4) is 0 Å². The van der Waals surface area contributed by atoms with Gasteiger partial charge in [0.25, 0.3) is 5.91 Å². The maximum absolute atomic E-state index is 12.9. The van der Waals surface area contributed by atoms with Gasteiger partial charge < -0.3 is 15.1 Å². The Hall–Kier alpha value is -3.91. The second-order valence-corrected chi connectivity index (χ2v) is 7.85. The van der Waals surface area contributed by atoms with Crippen molar-refractivity contribution in [2.75, 3.05) is 43.4 Å². The number of piperazine rings is 1. The molecule has 0 bridgehead atoms. The first kappa shape index (κ1) is 20.0. The van der Waals surface area contributed by atoms with Crippen LogP contribution in [0.1, 0.15) is 10.4 Å². The summed E-state index contributed by atoms with van der Waals surface area (Å²) in [4.78, 5) is 35.1. The van der Waals surface area contributed by atoms with Gasteiger partial charge in [-0.1, -0.05) is 0 Å². The van der Waals surface area contributed by atoms with Crippen LogP contribution < -0.4 is 10.2 Å². The molecule has 8 heteroatoms. The van der Waals surface area contributed by atoms with Crippen molar-refractivity contribution in [2.45, 2.75) is 0 Å². The minimum absolute atomic E-state index is 0.224. The average molecular weight is 425 g/mol. The number of hydrogen-bond donors (Lipinski definition) is 1. The van der Waals surface area contributed by atoms with Crippen molar-refractivity contribution >= 4 is 28.4 Å². The molecule has 0 radical (unpaired) electrons. The summed E-state index contributed by atoms with van der Waals surface area (Å²) in [6.07, 6.45) is 6.90. The second-order valence-electron chi connectivity index (χ2n) is 7.85. The molecule has 0 saturated carbocycles. The summed E-state index contributed by atoms with van der Waals surface area (Å²) < 4.78 is 0. The van der Waals surface area contributed by atoms with E-state index in [4.69, 9.17) is 4.98 Å². The lowest BCUT2D eigenvalue weighted by atomic mass is 10.1. The smallest absolute Gasteiger partial charge is 0.257 e. The molecule has 1 N–H and O–H groups in total. The van der Waals surface area contributed by atoms with Gasteiger partial charge in [-0.05, 0) is 43.4 Å². The van der Waals surface area contributed by atoms with Gasteiger partial charge >= 0.3 is 0 Å². The zero-order chi connectivity index (χ0) is 21.9. The Morgan fingerprint density at radius 3 is 2.66 bits per heavy atom. The maximum atomic E-state index is 12.9. The van der Waals surface area contributed by atoms with E-state index >= 15 is 0 Å². The van der Waals surface area contributed by atoms with Crippen LogP contribution in [-0.4, -0.2) is 64.0 Å². The number of likely N-dealkylation sites (N-methyl/N-ethyl adjacent to an activating group) is 1. The fraction of sp³-hybridized carbons (Fsp3) is 0.208. The van der Waals surface area contributed by atoms with Crippen molar-refractivity contribution in [3.05, 3.63) is 72.8 Å². The Kier molecular flexibility index (Phi) is 5.43. The van der Waals surface area contributed by atoms with Gasteiger partial charge in [0.05, 0.1) is 11.2 Å². The van der Waals surface area contributed by atoms with E-state index in [0.717, 1.165) is 54.2 Å². The molecule has 1 aliphatic heterocycles. The summed E-state index contributed by atoms with van der Waals surface area (Å²) in [5.74, 6) is 1.05. The summed E-state index contributed by atoms with van der Waals surface area (Å²) in [5, 5.41) is 3.79. The number of hydrogen-bond acceptors (Lipinski definition) is 7. The van der Waals surface area contributed by atoms with Crippen LogP contribution in [-0.2, 0) is 0 Å². The number of nitrogens with zero attached hydrogens (tertiary/aromatic N) is 6. The number of amides is 1. The van der Waals surface area contributed by atoms with Crippen LogP contribution in [0.2, 0.25) is 0 Å². The highest BCUT2D eigenvalue weighted by Gasteiger charge is 2.17. The second kappa shape index (κ2) is 8.68. The first-order valence-corrected chi connectivity index (χ1v) is 10.5. The molecule has 0 aliphatic carbocycles. The quantitative estimate of drug-likeness (QED) is 0.538. The normalized spacial score (nSPS) is 14.5. The molecule has 0 atom stereocenters. The predicted octanol–water partition coefficient (Wildman–Crippen LogP) is 3.09. The molecule has 5 rings (SSSR count). The number of aromatic nitrogens is 4. The van der Waals surface area contributed by atoms with Crippen molar-refractivity contribution < 1.29 is 4.79 Å². The number of pyridine rings is 4. The Morgan fingerprint density at radius 1 is 0.969 bits per heavy atom. The molecule has 32 heavy (non-hydrogen) atoms. The highest BCUT2D eigenvalue weighted by atomic mass is 16.1. The molecule has 0 unspecified atom stereocenters. The minimum Gasteiger partial charge on any atom is -0.354 e. The molecule has 1 amide bonds. The van der Waals surface area contributed by atoms with Crippen molar-refractivity contribution in [1.82, 2.24) is 24.8 Å². The molecule has 0 spiro atoms. The highest BCUT2D eigenvalue weighted by Crippen LogP contribution is 2.22. The van der Waals surface area contributed by atoms with E-state index in [0.29, 0.717) is 11.4 Å². The van der Waals surface area contributed by atoms with Crippen molar-refractivity contribution in [1.29, 1.82) is 0 Å². The summed E-state index contributed by atoms with van der Waals surface area (Å²) in [6, 6.07) is 13.1. The number of fused-ring (bicyclic) bond motifs is 1. The SMILES string of the molecule is CN1CCN(c2cc(C(=O)Nc3cc4nc(-c5cccnc5)ccc4cn3)ccn2)CC1. The lowest BCUT2D eigenvalue weighted by molar-refractivity contribution is 0.102. The van der Waals surface area contributed by atoms with Crippen LogP contribution in [0, 0.1) is 0 Å². The van der Waals surface area contributed by atoms with Gasteiger partial charge in [-0.2, -0.15) is 0 Å². The van der Waals surface area contributed by atoms with Gasteiger partial charge in [-0.15, -0.1) is 0 Å². The van der Waals surface area contributed by atoms with Gasteiger partial charge in [0.1, 0.15) is 11.6 Å². The molecule has 1 aliphatic rings. The highest BCUT2D eigenvalue weighted by molar-refractivity contribution is 6.04. The zero-order valence-electron chi connectivity index (χ0n) is 17.8. The van der Waals surface area contributed by atoms with Crippen LogP contribution in [0.25, 0.3) is 22.2 Å². The van der Waals surface area contributed by atoms with Gasteiger partial charge in [-0.3, -0.25) is 9.78 Å². The average Bonchev–Trinajstić information content (AvgIpc) is 2.84. The third-order valence-corrected chi connectivity index (χ3v) is 5.61. The molecule has 4 aromatic heterocycles. The zero-order valence-corrected chi connectivity index (χ0v) is 17.8. The first-order valence-electron chi connectivity index (χ1n) is 10.5. The van der Waals surface area contributed by atoms with Gasteiger partial charge in [-0.25, -0.2) is 15.0 Å². The summed E-state index contributed by atoms with van der Waals surface area (Å²) >= 11 is 0. The fourth-order valence-electron chi connectivity index (χ4n) is 3.72. The fourth-order valence-corrected chi connectivity index (χ4v) is 3.72. The number of carbonyl (C=O) groups excluding carboxylic acids is 1. The molecular weight excluding hydrogens is 402 g/mol. The number of nitrogens with one attached hydrogen (secondary N) is 1. The summed E-state index contributed by atoms with van der Waals surface area (Å²) in [6.45, 7) is 3.75. The van der Waals surface area contributed by atoms with Crippen molar-refractivity contribution in [3.8, 4) is 11.3 Å². The molecule has 0 aromatic carbocycles. The van der Waals surface area contributed by atoms with E-state index in [1.165, 1.54) is 0 Å². The number of anilines is 2. The number of carbonyl (C=O) groups is 1. The summed E-state index contributed by atoms with van der Waals surface area (Å²) in [7, 11) is 2.11. The molecule has 1 saturated heterocycles. The molecular formula is C24H23N7O. The van der Waals surface area contributed by atoms with Crippen LogP contribution in [0.15, 0.2) is 67.3 Å². The topological polar surface area (TPSA) is 87.1 Å². The third-order valence-electron chi connectivity index (χ3n) is 5.61. The molecule has 1 fully saturated rings. The Labute approximate surface area is 186 Å². The summed E-state index contributed by atoms with van der Waals surface area (Å²) in [5.41, 5.74) is 3.06. The molecule has 5 heterocycles. The first-order chi connectivity index (χ1) is 15.7. The third kappa shape index (κ3) is 4.26. The van der Waals surface area contributed by atoms with E-state index in [-0.39, 0.29) is 5.91 Å². The van der Waals surface area contributed by atoms with Crippen LogP contribution >= 0.6 is 0 Å². The Morgan fingerprint density at radius 2 is 1.84 bits per heavy atom. The lowest BCUT2D eigenvalue weighted by Crippen LogP contribution is -2.44. The van der Waals surface area contributed by atoms with Gasteiger partial charge in [0, 0.05) is 73.5 Å².